The lowest BCUT2D eigenvalue weighted by Crippen LogP contribution is -2.33. The van der Waals surface area contributed by atoms with Gasteiger partial charge in [-0.15, -0.1) is 0 Å². The van der Waals surface area contributed by atoms with Gasteiger partial charge in [-0.05, 0) is 67.1 Å². The van der Waals surface area contributed by atoms with Gasteiger partial charge in [-0.2, -0.15) is 0 Å². The van der Waals surface area contributed by atoms with Gasteiger partial charge in [-0.3, -0.25) is 0 Å². The highest BCUT2D eigenvalue weighted by Crippen LogP contribution is 2.32. The molecule has 1 heterocycles. The van der Waals surface area contributed by atoms with E-state index >= 15 is 0 Å². The molecule has 156 valence electrons. The molecule has 1 saturated carbocycles. The lowest BCUT2D eigenvalue weighted by molar-refractivity contribution is 0.306. The largest absolute Gasteiger partial charge is 0.489 e. The Labute approximate surface area is 182 Å². The molecule has 3 aromatic rings. The third-order valence-corrected chi connectivity index (χ3v) is 5.78. The maximum Gasteiger partial charge on any atom is 0.126 e. The quantitative estimate of drug-likeness (QED) is 0.472. The number of ether oxygens (including phenoxy) is 1. The molecule has 5 nitrogen and oxygen atoms in total. The van der Waals surface area contributed by atoms with E-state index in [1.807, 2.05) is 54.6 Å². The Hall–Kier alpha value is -2.76. The number of nitrogens with two attached hydrogens (primary N) is 2. The molecule has 1 aromatic heterocycles. The van der Waals surface area contributed by atoms with E-state index in [0.717, 1.165) is 59.6 Å². The van der Waals surface area contributed by atoms with E-state index in [2.05, 4.69) is 10.3 Å². The fraction of sp³-hybridized carbons (Fsp3) is 0.292. The number of hydrogen-bond acceptors (Lipinski definition) is 5. The molecule has 1 aliphatic rings. The van der Waals surface area contributed by atoms with Crippen LogP contribution in [0.1, 0.15) is 31.2 Å². The van der Waals surface area contributed by atoms with Gasteiger partial charge in [-0.25, -0.2) is 4.98 Å². The molecule has 0 amide bonds. The van der Waals surface area contributed by atoms with Crippen molar-refractivity contribution in [2.24, 2.45) is 5.73 Å². The number of nitrogen functional groups attached to an aromatic ring is 1. The molecule has 2 aromatic carbocycles. The van der Waals surface area contributed by atoms with E-state index in [4.69, 9.17) is 27.8 Å². The van der Waals surface area contributed by atoms with Crippen LogP contribution in [-0.4, -0.2) is 17.1 Å². The number of aromatic nitrogens is 1. The van der Waals surface area contributed by atoms with Crippen LogP contribution in [0.3, 0.4) is 0 Å². The standard InChI is InChI=1S/C24H27ClN4O/c25-23-14-28-24(29-20-9-7-18(26)8-10-20)13-22(23)17-4-2-6-21(12-17)30-15-16-3-1-5-19(27)11-16/h1-6,11-14,18,20H,7-10,15,26-27H2,(H,28,29)/t18-,20-. The summed E-state index contributed by atoms with van der Waals surface area (Å²) in [6, 6.07) is 18.4. The summed E-state index contributed by atoms with van der Waals surface area (Å²) in [5, 5.41) is 4.15. The third kappa shape index (κ3) is 5.23. The van der Waals surface area contributed by atoms with Crippen LogP contribution in [0.2, 0.25) is 5.02 Å². The number of nitrogens with one attached hydrogen (secondary N) is 1. The second-order valence-electron chi connectivity index (χ2n) is 7.87. The summed E-state index contributed by atoms with van der Waals surface area (Å²) >= 11 is 6.47. The van der Waals surface area contributed by atoms with E-state index in [1.165, 1.54) is 0 Å². The van der Waals surface area contributed by atoms with Gasteiger partial charge in [0.05, 0.1) is 5.02 Å². The molecule has 5 N–H and O–H groups in total. The van der Waals surface area contributed by atoms with Gasteiger partial charge < -0.3 is 21.5 Å². The van der Waals surface area contributed by atoms with Gasteiger partial charge in [0.1, 0.15) is 18.2 Å². The van der Waals surface area contributed by atoms with Crippen LogP contribution in [0, 0.1) is 0 Å². The highest BCUT2D eigenvalue weighted by molar-refractivity contribution is 6.33. The first kappa shape index (κ1) is 20.5. The van der Waals surface area contributed by atoms with Crippen LogP contribution in [0.25, 0.3) is 11.1 Å². The molecule has 0 unspecified atom stereocenters. The molecule has 4 rings (SSSR count). The second-order valence-corrected chi connectivity index (χ2v) is 8.27. The summed E-state index contributed by atoms with van der Waals surface area (Å²) in [5.74, 6) is 1.61. The maximum absolute atomic E-state index is 6.47. The van der Waals surface area contributed by atoms with Crippen molar-refractivity contribution >= 4 is 23.1 Å². The Morgan fingerprint density at radius 2 is 1.83 bits per heavy atom. The van der Waals surface area contributed by atoms with Crippen molar-refractivity contribution < 1.29 is 4.74 Å². The van der Waals surface area contributed by atoms with Crippen molar-refractivity contribution in [3.8, 4) is 16.9 Å². The average Bonchev–Trinajstić information content (AvgIpc) is 2.75. The van der Waals surface area contributed by atoms with Crippen molar-refractivity contribution in [3.63, 3.8) is 0 Å². The van der Waals surface area contributed by atoms with Gasteiger partial charge in [0.15, 0.2) is 0 Å². The molecule has 0 spiro atoms. The number of nitrogens with zero attached hydrogens (tertiary/aromatic N) is 1. The number of pyridine rings is 1. The normalized spacial score (nSPS) is 18.7. The van der Waals surface area contributed by atoms with Gasteiger partial charge in [0, 0.05) is 29.5 Å². The number of hydrogen-bond donors (Lipinski definition) is 3. The number of anilines is 2. The van der Waals surface area contributed by atoms with Crippen molar-refractivity contribution in [2.45, 2.75) is 44.4 Å². The Bertz CT molecular complexity index is 1000. The maximum atomic E-state index is 6.47. The third-order valence-electron chi connectivity index (χ3n) is 5.48. The van der Waals surface area contributed by atoms with Crippen LogP contribution in [0.15, 0.2) is 60.8 Å². The molecule has 1 aliphatic carbocycles. The van der Waals surface area contributed by atoms with Crippen molar-refractivity contribution in [1.82, 2.24) is 4.98 Å². The van der Waals surface area contributed by atoms with E-state index < -0.39 is 0 Å². The van der Waals surface area contributed by atoms with Crippen molar-refractivity contribution in [1.29, 1.82) is 0 Å². The molecule has 6 heteroatoms. The predicted molar refractivity (Wildman–Crippen MR) is 124 cm³/mol. The zero-order valence-corrected chi connectivity index (χ0v) is 17.6. The van der Waals surface area contributed by atoms with Gasteiger partial charge in [0.2, 0.25) is 0 Å². The molecule has 0 aliphatic heterocycles. The molecule has 0 radical (unpaired) electrons. The first-order valence-corrected chi connectivity index (χ1v) is 10.7. The fourth-order valence-corrected chi connectivity index (χ4v) is 4.03. The lowest BCUT2D eigenvalue weighted by Gasteiger charge is -2.27. The SMILES string of the molecule is Nc1cccc(COc2cccc(-c3cc(N[C@H]4CC[C@H](N)CC4)ncc3Cl)c2)c1. The summed E-state index contributed by atoms with van der Waals surface area (Å²) in [7, 11) is 0. The minimum atomic E-state index is 0.326. The van der Waals surface area contributed by atoms with E-state index in [1.54, 1.807) is 6.20 Å². The highest BCUT2D eigenvalue weighted by atomic mass is 35.5. The smallest absolute Gasteiger partial charge is 0.126 e. The van der Waals surface area contributed by atoms with Crippen molar-refractivity contribution in [2.75, 3.05) is 11.1 Å². The Balaban J connectivity index is 1.48. The molecule has 0 saturated heterocycles. The Morgan fingerprint density at radius 1 is 1.03 bits per heavy atom. The number of halogens is 1. The van der Waals surface area contributed by atoms with Gasteiger partial charge >= 0.3 is 0 Å². The summed E-state index contributed by atoms with van der Waals surface area (Å²) in [6.07, 6.45) is 5.92. The number of rotatable bonds is 6. The fourth-order valence-electron chi connectivity index (χ4n) is 3.81. The molecule has 30 heavy (non-hydrogen) atoms. The van der Waals surface area contributed by atoms with E-state index in [9.17, 15) is 0 Å². The predicted octanol–water partition coefficient (Wildman–Crippen LogP) is 5.25. The zero-order chi connectivity index (χ0) is 20.9. The molecular formula is C24H27ClN4O. The first-order valence-electron chi connectivity index (χ1n) is 10.3. The molecular weight excluding hydrogens is 396 g/mol. The van der Waals surface area contributed by atoms with Crippen molar-refractivity contribution in [3.05, 3.63) is 71.4 Å². The highest BCUT2D eigenvalue weighted by Gasteiger charge is 2.19. The summed E-state index contributed by atoms with van der Waals surface area (Å²) in [5.41, 5.74) is 15.5. The summed E-state index contributed by atoms with van der Waals surface area (Å²) in [6.45, 7) is 0.454. The monoisotopic (exact) mass is 422 g/mol. The average molecular weight is 423 g/mol. The topological polar surface area (TPSA) is 86.2 Å². The minimum Gasteiger partial charge on any atom is -0.489 e. The van der Waals surface area contributed by atoms with Crippen LogP contribution in [-0.2, 0) is 6.61 Å². The van der Waals surface area contributed by atoms with Crippen LogP contribution in [0.4, 0.5) is 11.5 Å². The molecule has 0 bridgehead atoms. The molecule has 1 fully saturated rings. The van der Waals surface area contributed by atoms with Gasteiger partial charge in [0.25, 0.3) is 0 Å². The van der Waals surface area contributed by atoms with Gasteiger partial charge in [-0.1, -0.05) is 35.9 Å². The zero-order valence-electron chi connectivity index (χ0n) is 16.9. The second kappa shape index (κ2) is 9.37. The Morgan fingerprint density at radius 3 is 2.63 bits per heavy atom. The van der Waals surface area contributed by atoms with E-state index in [0.29, 0.717) is 23.7 Å². The lowest BCUT2D eigenvalue weighted by atomic mass is 9.92. The summed E-state index contributed by atoms with van der Waals surface area (Å²) < 4.78 is 5.97. The Kier molecular flexibility index (Phi) is 6.41. The summed E-state index contributed by atoms with van der Waals surface area (Å²) in [4.78, 5) is 4.47. The van der Waals surface area contributed by atoms with Crippen LogP contribution < -0.4 is 21.5 Å². The molecule has 0 atom stereocenters. The first-order chi connectivity index (χ1) is 14.6. The van der Waals surface area contributed by atoms with Crippen LogP contribution in [0.5, 0.6) is 5.75 Å². The number of benzene rings is 2. The van der Waals surface area contributed by atoms with Crippen LogP contribution >= 0.6 is 11.6 Å². The van der Waals surface area contributed by atoms with E-state index in [-0.39, 0.29) is 0 Å². The minimum absolute atomic E-state index is 0.326.